The van der Waals surface area contributed by atoms with Crippen LogP contribution >= 0.6 is 0 Å². The molecule has 0 aliphatic heterocycles. The third kappa shape index (κ3) is 10.3. The zero-order chi connectivity index (χ0) is 28.3. The summed E-state index contributed by atoms with van der Waals surface area (Å²) in [6, 6.07) is 3.63. The van der Waals surface area contributed by atoms with Crippen LogP contribution in [0.1, 0.15) is 38.3 Å². The van der Waals surface area contributed by atoms with Crippen LogP contribution in [0.5, 0.6) is 0 Å². The van der Waals surface area contributed by atoms with E-state index in [-0.39, 0.29) is 12.3 Å². The van der Waals surface area contributed by atoms with E-state index in [1.807, 2.05) is 0 Å². The average Bonchev–Trinajstić information content (AvgIpc) is 2.84. The van der Waals surface area contributed by atoms with Crippen LogP contribution in [0.4, 0.5) is 4.79 Å². The molecule has 0 radical (unpaired) electrons. The predicted molar refractivity (Wildman–Crippen MR) is 130 cm³/mol. The fraction of sp³-hybridized carbons (Fsp3) is 0.565. The lowest BCUT2D eigenvalue weighted by molar-refractivity contribution is -0.145. The molecule has 1 aromatic carbocycles. The second-order valence-corrected chi connectivity index (χ2v) is 9.04. The summed E-state index contributed by atoms with van der Waals surface area (Å²) in [4.78, 5) is 48.5. The van der Waals surface area contributed by atoms with Gasteiger partial charge in [0.15, 0.2) is 6.10 Å². The van der Waals surface area contributed by atoms with Gasteiger partial charge in [0.2, 0.25) is 5.91 Å². The highest BCUT2D eigenvalue weighted by Gasteiger charge is 2.37. The van der Waals surface area contributed by atoms with E-state index in [1.54, 1.807) is 44.2 Å². The molecule has 0 heterocycles. The van der Waals surface area contributed by atoms with Gasteiger partial charge in [-0.3, -0.25) is 19.4 Å². The molecule has 6 atom stereocenters. The van der Waals surface area contributed by atoms with E-state index < -0.39 is 73.3 Å². The second kappa shape index (κ2) is 15.1. The highest BCUT2D eigenvalue weighted by atomic mass is 16.4. The summed E-state index contributed by atoms with van der Waals surface area (Å²) in [5.41, 5.74) is 0.433. The third-order valence-electron chi connectivity index (χ3n) is 5.42. The van der Waals surface area contributed by atoms with E-state index in [0.29, 0.717) is 5.56 Å². The number of urea groups is 1. The first-order valence-electron chi connectivity index (χ1n) is 11.6. The van der Waals surface area contributed by atoms with E-state index >= 15 is 0 Å². The molecule has 0 spiro atoms. The molecular weight excluding hydrogens is 490 g/mol. The average molecular weight is 528 g/mol. The van der Waals surface area contributed by atoms with E-state index in [1.165, 1.54) is 7.05 Å². The maximum Gasteiger partial charge on any atom is 0.331 e. The number of carbonyl (C=O) groups is 4. The van der Waals surface area contributed by atoms with Gasteiger partial charge in [0.1, 0.15) is 18.2 Å². The first-order chi connectivity index (χ1) is 17.3. The van der Waals surface area contributed by atoms with Crippen LogP contribution in [0.25, 0.3) is 0 Å². The van der Waals surface area contributed by atoms with Crippen molar-refractivity contribution in [1.29, 1.82) is 0 Å². The summed E-state index contributed by atoms with van der Waals surface area (Å²) in [6.07, 6.45) is -6.77. The highest BCUT2D eigenvalue weighted by Crippen LogP contribution is 2.17. The van der Waals surface area contributed by atoms with Gasteiger partial charge in [-0.1, -0.05) is 44.2 Å². The molecule has 14 nitrogen and oxygen atoms in total. The van der Waals surface area contributed by atoms with Crippen molar-refractivity contribution in [3.63, 3.8) is 0 Å². The van der Waals surface area contributed by atoms with Crippen molar-refractivity contribution < 1.29 is 44.7 Å². The Labute approximate surface area is 214 Å². The number of benzene rings is 1. The Morgan fingerprint density at radius 2 is 1.54 bits per heavy atom. The van der Waals surface area contributed by atoms with Gasteiger partial charge in [-0.15, -0.1) is 0 Å². The molecule has 0 unspecified atom stereocenters. The highest BCUT2D eigenvalue weighted by molar-refractivity contribution is 5.87. The summed E-state index contributed by atoms with van der Waals surface area (Å²) >= 11 is 0. The molecule has 208 valence electrons. The Morgan fingerprint density at radius 1 is 0.946 bits per heavy atom. The van der Waals surface area contributed by atoms with Gasteiger partial charge in [0.05, 0.1) is 25.1 Å². The van der Waals surface area contributed by atoms with Crippen molar-refractivity contribution in [3.8, 4) is 0 Å². The van der Waals surface area contributed by atoms with Crippen LogP contribution in [0.2, 0.25) is 0 Å². The summed E-state index contributed by atoms with van der Waals surface area (Å²) in [6.45, 7) is 2.70. The van der Waals surface area contributed by atoms with Gasteiger partial charge in [0.25, 0.3) is 5.91 Å². The van der Waals surface area contributed by atoms with E-state index in [4.69, 9.17) is 10.9 Å². The summed E-state index contributed by atoms with van der Waals surface area (Å²) in [5, 5.41) is 57.8. The van der Waals surface area contributed by atoms with Crippen LogP contribution < -0.4 is 21.8 Å². The van der Waals surface area contributed by atoms with Crippen molar-refractivity contribution in [2.45, 2.75) is 63.1 Å². The first-order valence-corrected chi connectivity index (χ1v) is 11.6. The number of carboxylic acids is 1. The number of aliphatic hydroxyl groups is 4. The fourth-order valence-corrected chi connectivity index (χ4v) is 3.43. The number of nitrogens with one attached hydrogen (secondary N) is 3. The SMILES string of the molecule is CC(C)C[C@H](NC(=O)N(C)N)C(=O)N[C@@H](CO)[C@@H](O)[C@@H](O)[C@H](O)C(=O)N[C@@H](CC(=O)O)c1ccccc1. The molecule has 1 rings (SSSR count). The maximum atomic E-state index is 12.8. The smallest absolute Gasteiger partial charge is 0.331 e. The fourth-order valence-electron chi connectivity index (χ4n) is 3.43. The number of nitrogens with two attached hydrogens (primary N) is 1. The number of carbonyl (C=O) groups excluding carboxylic acids is 3. The van der Waals surface area contributed by atoms with Crippen molar-refractivity contribution in [2.75, 3.05) is 13.7 Å². The topological polar surface area (TPSA) is 235 Å². The second-order valence-electron chi connectivity index (χ2n) is 9.04. The largest absolute Gasteiger partial charge is 0.481 e. The zero-order valence-corrected chi connectivity index (χ0v) is 20.9. The number of hydrogen-bond donors (Lipinski definition) is 9. The molecule has 14 heteroatoms. The molecule has 0 fully saturated rings. The quantitative estimate of drug-likeness (QED) is 0.0719. The summed E-state index contributed by atoms with van der Waals surface area (Å²) < 4.78 is 0. The monoisotopic (exact) mass is 527 g/mol. The lowest BCUT2D eigenvalue weighted by atomic mass is 9.98. The van der Waals surface area contributed by atoms with Crippen LogP contribution in [-0.4, -0.2) is 98.4 Å². The molecular formula is C23H37N5O9. The van der Waals surface area contributed by atoms with Gasteiger partial charge < -0.3 is 41.5 Å². The number of hydrogen-bond acceptors (Lipinski definition) is 9. The number of amides is 4. The summed E-state index contributed by atoms with van der Waals surface area (Å²) in [5.74, 6) is 2.11. The van der Waals surface area contributed by atoms with Gasteiger partial charge in [0, 0.05) is 7.05 Å². The molecule has 0 bridgehead atoms. The summed E-state index contributed by atoms with van der Waals surface area (Å²) in [7, 11) is 1.27. The number of carboxylic acid groups (broad SMARTS) is 1. The normalized spacial score (nSPS) is 16.0. The molecule has 0 saturated heterocycles. The lowest BCUT2D eigenvalue weighted by Crippen LogP contribution is -2.60. The van der Waals surface area contributed by atoms with Crippen LogP contribution in [0, 0.1) is 5.92 Å². The van der Waals surface area contributed by atoms with Crippen molar-refractivity contribution in [1.82, 2.24) is 21.0 Å². The van der Waals surface area contributed by atoms with Gasteiger partial charge in [-0.2, -0.15) is 0 Å². The van der Waals surface area contributed by atoms with Crippen LogP contribution in [0.3, 0.4) is 0 Å². The minimum absolute atomic E-state index is 0.0453. The predicted octanol–water partition coefficient (Wildman–Crippen LogP) is -2.19. The minimum atomic E-state index is -2.24. The number of hydrazine groups is 1. The molecule has 10 N–H and O–H groups in total. The zero-order valence-electron chi connectivity index (χ0n) is 20.9. The molecule has 0 aliphatic carbocycles. The minimum Gasteiger partial charge on any atom is -0.481 e. The molecule has 0 aromatic heterocycles. The molecule has 1 aromatic rings. The van der Waals surface area contributed by atoms with Crippen molar-refractivity contribution in [3.05, 3.63) is 35.9 Å². The van der Waals surface area contributed by atoms with Crippen LogP contribution in [0.15, 0.2) is 30.3 Å². The van der Waals surface area contributed by atoms with E-state index in [2.05, 4.69) is 16.0 Å². The van der Waals surface area contributed by atoms with Gasteiger partial charge in [-0.05, 0) is 17.9 Å². The van der Waals surface area contributed by atoms with Gasteiger partial charge >= 0.3 is 12.0 Å². The number of rotatable bonds is 14. The van der Waals surface area contributed by atoms with Gasteiger partial charge in [-0.25, -0.2) is 10.6 Å². The standard InChI is InChI=1S/C23H37N5O9/c1-12(2)9-15(27-23(37)28(3)24)21(35)26-16(11-29)18(32)19(33)20(34)22(36)25-14(10-17(30)31)13-7-5-4-6-8-13/h4-8,12,14-16,18-20,29,32-34H,9-11,24H2,1-3H3,(H,25,36)(H,26,35)(H,27,37)(H,30,31)/t14-,15-,16-,18+,19+,20-/m0/s1. The lowest BCUT2D eigenvalue weighted by Gasteiger charge is -2.31. The van der Waals surface area contributed by atoms with Crippen LogP contribution in [-0.2, 0) is 14.4 Å². The first kappa shape index (κ1) is 31.7. The van der Waals surface area contributed by atoms with Crippen molar-refractivity contribution >= 4 is 23.8 Å². The number of aliphatic hydroxyl groups excluding tert-OH is 4. The molecule has 0 aliphatic rings. The van der Waals surface area contributed by atoms with E-state index in [9.17, 15) is 39.6 Å². The molecule has 0 saturated carbocycles. The van der Waals surface area contributed by atoms with Crippen molar-refractivity contribution in [2.24, 2.45) is 11.8 Å². The Bertz CT molecular complexity index is 900. The Morgan fingerprint density at radius 3 is 2.03 bits per heavy atom. The molecule has 37 heavy (non-hydrogen) atoms. The Balaban J connectivity index is 2.93. The van der Waals surface area contributed by atoms with E-state index in [0.717, 1.165) is 5.01 Å². The Kier molecular flexibility index (Phi) is 12.9. The number of aliphatic carboxylic acids is 1. The maximum absolute atomic E-state index is 12.8. The Hall–Kier alpha value is -3.30. The number of nitrogens with zero attached hydrogens (tertiary/aromatic N) is 1. The third-order valence-corrected chi connectivity index (χ3v) is 5.42. The molecule has 4 amide bonds.